The molecule has 0 atom stereocenters. The summed E-state index contributed by atoms with van der Waals surface area (Å²) in [5.74, 6) is 3.02. The number of guanidine groups is 1. The molecule has 21 heavy (non-hydrogen) atoms. The van der Waals surface area contributed by atoms with Gasteiger partial charge in [0.1, 0.15) is 12.4 Å². The second-order valence-electron chi connectivity index (χ2n) is 5.96. The minimum absolute atomic E-state index is 0.570. The Hall–Kier alpha value is -1.59. The molecule has 1 aliphatic carbocycles. The lowest BCUT2D eigenvalue weighted by molar-refractivity contribution is 0.410. The van der Waals surface area contributed by atoms with Gasteiger partial charge in [-0.15, -0.1) is 10.2 Å². The van der Waals surface area contributed by atoms with Gasteiger partial charge in [0, 0.05) is 25.6 Å². The monoisotopic (exact) mass is 290 g/mol. The molecule has 6 nitrogen and oxygen atoms in total. The highest BCUT2D eigenvalue weighted by Gasteiger charge is 2.17. The van der Waals surface area contributed by atoms with Crippen molar-refractivity contribution >= 4 is 5.96 Å². The van der Waals surface area contributed by atoms with Crippen molar-refractivity contribution in [1.82, 2.24) is 25.4 Å². The van der Waals surface area contributed by atoms with E-state index in [0.717, 1.165) is 37.1 Å². The van der Waals surface area contributed by atoms with E-state index < -0.39 is 0 Å². The quantitative estimate of drug-likeness (QED) is 0.653. The summed E-state index contributed by atoms with van der Waals surface area (Å²) in [6.07, 6.45) is 8.77. The number of aryl methyl sites for hydroxylation is 1. The molecule has 0 bridgehead atoms. The first-order valence-corrected chi connectivity index (χ1v) is 8.32. The number of nitrogens with one attached hydrogen (secondary N) is 2. The molecule has 1 aliphatic heterocycles. The van der Waals surface area contributed by atoms with Crippen LogP contribution in [0.4, 0.5) is 0 Å². The van der Waals surface area contributed by atoms with Crippen LogP contribution in [-0.4, -0.2) is 33.3 Å². The van der Waals surface area contributed by atoms with Gasteiger partial charge in [-0.1, -0.05) is 19.3 Å². The zero-order chi connectivity index (χ0) is 14.5. The van der Waals surface area contributed by atoms with Crippen LogP contribution in [0.1, 0.15) is 57.1 Å². The molecule has 0 spiro atoms. The SMILES string of the molecule is CCNC(=NCc1nnc2n1CCC2)NC1CCCCC1. The molecule has 3 rings (SSSR count). The second-order valence-corrected chi connectivity index (χ2v) is 5.96. The van der Waals surface area contributed by atoms with Gasteiger partial charge in [0.2, 0.25) is 0 Å². The number of rotatable bonds is 4. The molecule has 0 aromatic carbocycles. The molecule has 1 fully saturated rings. The fraction of sp³-hybridized carbons (Fsp3) is 0.800. The van der Waals surface area contributed by atoms with Crippen LogP contribution >= 0.6 is 0 Å². The van der Waals surface area contributed by atoms with E-state index in [9.17, 15) is 0 Å². The molecule has 0 unspecified atom stereocenters. The van der Waals surface area contributed by atoms with Crippen LogP contribution in [-0.2, 0) is 19.5 Å². The maximum atomic E-state index is 4.70. The fourth-order valence-corrected chi connectivity index (χ4v) is 3.24. The third-order valence-electron chi connectivity index (χ3n) is 4.35. The van der Waals surface area contributed by atoms with Crippen LogP contribution in [0.3, 0.4) is 0 Å². The maximum absolute atomic E-state index is 4.70. The molecule has 116 valence electrons. The van der Waals surface area contributed by atoms with Crippen LogP contribution < -0.4 is 10.6 Å². The van der Waals surface area contributed by atoms with Gasteiger partial charge in [-0.3, -0.25) is 0 Å². The van der Waals surface area contributed by atoms with Crippen molar-refractivity contribution in [3.8, 4) is 0 Å². The van der Waals surface area contributed by atoms with E-state index in [1.807, 2.05) is 0 Å². The Morgan fingerprint density at radius 1 is 1.24 bits per heavy atom. The average Bonchev–Trinajstić information content (AvgIpc) is 3.10. The lowest BCUT2D eigenvalue weighted by atomic mass is 9.96. The number of nitrogens with zero attached hydrogens (tertiary/aromatic N) is 4. The lowest BCUT2D eigenvalue weighted by Crippen LogP contribution is -2.44. The van der Waals surface area contributed by atoms with Gasteiger partial charge in [0.15, 0.2) is 11.8 Å². The van der Waals surface area contributed by atoms with E-state index in [1.165, 1.54) is 38.5 Å². The van der Waals surface area contributed by atoms with Crippen molar-refractivity contribution < 1.29 is 0 Å². The van der Waals surface area contributed by atoms with Gasteiger partial charge in [-0.2, -0.15) is 0 Å². The van der Waals surface area contributed by atoms with Gasteiger partial charge in [-0.05, 0) is 26.2 Å². The summed E-state index contributed by atoms with van der Waals surface area (Å²) in [7, 11) is 0. The highest BCUT2D eigenvalue weighted by molar-refractivity contribution is 5.80. The van der Waals surface area contributed by atoms with Crippen molar-refractivity contribution in [2.24, 2.45) is 4.99 Å². The summed E-state index contributed by atoms with van der Waals surface area (Å²) < 4.78 is 2.22. The summed E-state index contributed by atoms with van der Waals surface area (Å²) in [5, 5.41) is 15.4. The predicted octanol–water partition coefficient (Wildman–Crippen LogP) is 1.61. The number of aliphatic imine (C=N–C) groups is 1. The van der Waals surface area contributed by atoms with Crippen molar-refractivity contribution in [1.29, 1.82) is 0 Å². The molecule has 6 heteroatoms. The van der Waals surface area contributed by atoms with Gasteiger partial charge in [0.05, 0.1) is 0 Å². The third kappa shape index (κ3) is 3.54. The average molecular weight is 290 g/mol. The number of hydrogen-bond acceptors (Lipinski definition) is 3. The smallest absolute Gasteiger partial charge is 0.191 e. The highest BCUT2D eigenvalue weighted by Crippen LogP contribution is 2.17. The minimum atomic E-state index is 0.570. The van der Waals surface area contributed by atoms with Gasteiger partial charge in [0.25, 0.3) is 0 Å². The highest BCUT2D eigenvalue weighted by atomic mass is 15.3. The molecular formula is C15H26N6. The van der Waals surface area contributed by atoms with Crippen molar-refractivity contribution in [3.05, 3.63) is 11.6 Å². The van der Waals surface area contributed by atoms with Gasteiger partial charge < -0.3 is 15.2 Å². The topological polar surface area (TPSA) is 67.1 Å². The fourth-order valence-electron chi connectivity index (χ4n) is 3.24. The Bertz CT molecular complexity index is 486. The van der Waals surface area contributed by atoms with E-state index in [2.05, 4.69) is 32.3 Å². The maximum Gasteiger partial charge on any atom is 0.191 e. The lowest BCUT2D eigenvalue weighted by Gasteiger charge is -2.24. The van der Waals surface area contributed by atoms with Crippen molar-refractivity contribution in [2.75, 3.05) is 6.54 Å². The van der Waals surface area contributed by atoms with Gasteiger partial charge in [-0.25, -0.2) is 4.99 Å². The van der Waals surface area contributed by atoms with E-state index in [-0.39, 0.29) is 0 Å². The Morgan fingerprint density at radius 3 is 2.90 bits per heavy atom. The first-order chi connectivity index (χ1) is 10.4. The first-order valence-electron chi connectivity index (χ1n) is 8.32. The van der Waals surface area contributed by atoms with Crippen LogP contribution in [0.2, 0.25) is 0 Å². The molecule has 0 saturated heterocycles. The molecule has 2 heterocycles. The normalized spacial score (nSPS) is 19.6. The van der Waals surface area contributed by atoms with E-state index in [1.54, 1.807) is 0 Å². The summed E-state index contributed by atoms with van der Waals surface area (Å²) in [6.45, 7) is 4.64. The van der Waals surface area contributed by atoms with Crippen LogP contribution in [0.15, 0.2) is 4.99 Å². The van der Waals surface area contributed by atoms with Gasteiger partial charge >= 0.3 is 0 Å². The Morgan fingerprint density at radius 2 is 2.10 bits per heavy atom. The third-order valence-corrected chi connectivity index (χ3v) is 4.35. The molecular weight excluding hydrogens is 264 g/mol. The molecule has 2 N–H and O–H groups in total. The Kier molecular flexibility index (Phi) is 4.72. The summed E-state index contributed by atoms with van der Waals surface area (Å²) in [5.41, 5.74) is 0. The number of hydrogen-bond donors (Lipinski definition) is 2. The summed E-state index contributed by atoms with van der Waals surface area (Å²) >= 11 is 0. The number of fused-ring (bicyclic) bond motifs is 1. The molecule has 2 aliphatic rings. The summed E-state index contributed by atoms with van der Waals surface area (Å²) in [6, 6.07) is 0.570. The minimum Gasteiger partial charge on any atom is -0.357 e. The predicted molar refractivity (Wildman–Crippen MR) is 83.2 cm³/mol. The zero-order valence-corrected chi connectivity index (χ0v) is 12.9. The molecule has 1 aromatic rings. The molecule has 1 aromatic heterocycles. The first kappa shape index (κ1) is 14.4. The van der Waals surface area contributed by atoms with Crippen LogP contribution in [0, 0.1) is 0 Å². The van der Waals surface area contributed by atoms with E-state index in [0.29, 0.717) is 12.6 Å². The van der Waals surface area contributed by atoms with Crippen LogP contribution in [0.25, 0.3) is 0 Å². The largest absolute Gasteiger partial charge is 0.357 e. The summed E-state index contributed by atoms with van der Waals surface area (Å²) in [4.78, 5) is 4.70. The van der Waals surface area contributed by atoms with Crippen molar-refractivity contribution in [3.63, 3.8) is 0 Å². The van der Waals surface area contributed by atoms with Crippen LogP contribution in [0.5, 0.6) is 0 Å². The Balaban J connectivity index is 1.62. The molecule has 1 saturated carbocycles. The molecule has 0 radical (unpaired) electrons. The van der Waals surface area contributed by atoms with E-state index >= 15 is 0 Å². The van der Waals surface area contributed by atoms with Crippen molar-refractivity contribution in [2.45, 2.75) is 71.0 Å². The number of aromatic nitrogens is 3. The standard InChI is InChI=1S/C15H26N6/c1-2-16-15(18-12-7-4-3-5-8-12)17-11-14-20-19-13-9-6-10-21(13)14/h12H,2-11H2,1H3,(H2,16,17,18). The van der Waals surface area contributed by atoms with E-state index in [4.69, 9.17) is 4.99 Å². The molecule has 0 amide bonds. The second kappa shape index (κ2) is 6.91. The Labute approximate surface area is 126 Å². The zero-order valence-electron chi connectivity index (χ0n) is 12.9.